The van der Waals surface area contributed by atoms with E-state index in [9.17, 15) is 0 Å². The third-order valence-electron chi connectivity index (χ3n) is 2.56. The molecule has 2 N–H and O–H groups in total. The molecule has 4 nitrogen and oxygen atoms in total. The number of benzene rings is 1. The van der Waals surface area contributed by atoms with E-state index in [4.69, 9.17) is 12.2 Å². The van der Waals surface area contributed by atoms with Gasteiger partial charge in [0.15, 0.2) is 5.11 Å². The molecule has 21 heavy (non-hydrogen) atoms. The van der Waals surface area contributed by atoms with E-state index in [0.29, 0.717) is 5.11 Å². The molecule has 0 unspecified atom stereocenters. The molecule has 0 saturated carbocycles. The van der Waals surface area contributed by atoms with Crippen LogP contribution in [0.1, 0.15) is 18.2 Å². The van der Waals surface area contributed by atoms with Crippen molar-refractivity contribution < 1.29 is 17.1 Å². The van der Waals surface area contributed by atoms with E-state index in [1.807, 2.05) is 55.5 Å². The maximum Gasteiger partial charge on any atom is 2.00 e. The number of rotatable bonds is 4. The summed E-state index contributed by atoms with van der Waals surface area (Å²) in [5.74, 6) is 0. The first-order valence-corrected chi connectivity index (χ1v) is 6.80. The Balaban J connectivity index is 0.00000220. The van der Waals surface area contributed by atoms with Gasteiger partial charge in [0.05, 0.1) is 5.69 Å². The van der Waals surface area contributed by atoms with Gasteiger partial charge in [-0.05, 0) is 31.3 Å². The second-order valence-corrected chi connectivity index (χ2v) is 4.42. The van der Waals surface area contributed by atoms with Crippen LogP contribution in [0.2, 0.25) is 0 Å². The van der Waals surface area contributed by atoms with Crippen molar-refractivity contribution in [2.45, 2.75) is 6.92 Å². The molecule has 2 aromatic rings. The molecule has 0 saturated heterocycles. The van der Waals surface area contributed by atoms with Crippen LogP contribution in [0.5, 0.6) is 0 Å². The minimum Gasteiger partial charge on any atom is -0.362 e. The number of pyridine rings is 1. The molecule has 111 valence electrons. The minimum atomic E-state index is 0. The van der Waals surface area contributed by atoms with Crippen molar-refractivity contribution in [1.29, 1.82) is 0 Å². The molecule has 0 aliphatic carbocycles. The summed E-state index contributed by atoms with van der Waals surface area (Å²) >= 11 is 5.12. The summed E-state index contributed by atoms with van der Waals surface area (Å²) in [5, 5.41) is 7.88. The van der Waals surface area contributed by atoms with Gasteiger partial charge >= 0.3 is 17.1 Å². The van der Waals surface area contributed by atoms with E-state index < -0.39 is 0 Å². The Morgan fingerprint density at radius 2 is 1.86 bits per heavy atom. The first kappa shape index (κ1) is 17.3. The summed E-state index contributed by atoms with van der Waals surface area (Å²) in [6, 6.07) is 15.6. The monoisotopic (exact) mass is 347 g/mol. The number of nitrogens with zero attached hydrogens (tertiary/aromatic N) is 2. The summed E-state index contributed by atoms with van der Waals surface area (Å²) in [6.45, 7) is 2.74. The molecule has 2 rings (SSSR count). The van der Waals surface area contributed by atoms with Gasteiger partial charge in [-0.15, -0.1) is 0 Å². The Kier molecular flexibility index (Phi) is 7.61. The Morgan fingerprint density at radius 3 is 2.48 bits per heavy atom. The number of aromatic nitrogens is 1. The molecule has 1 aromatic heterocycles. The molecule has 0 fully saturated rings. The van der Waals surface area contributed by atoms with Gasteiger partial charge in [-0.1, -0.05) is 36.4 Å². The van der Waals surface area contributed by atoms with Crippen molar-refractivity contribution in [3.05, 3.63) is 66.0 Å². The topological polar surface area (TPSA) is 49.3 Å². The maximum atomic E-state index is 5.12. The predicted molar refractivity (Wildman–Crippen MR) is 85.7 cm³/mol. The first-order chi connectivity index (χ1) is 9.81. The largest absolute Gasteiger partial charge is 2.00 e. The standard InChI is InChI=1S/C15H16N4S.Cu/c1-2-16-15(20)19-18-14(12-8-4-3-5-9-12)13-10-6-7-11-17-13;/h3-11H,2H2,1H3,(H2,16,19,20);/q;+2. The van der Waals surface area contributed by atoms with Gasteiger partial charge in [0.25, 0.3) is 0 Å². The van der Waals surface area contributed by atoms with Gasteiger partial charge in [-0.2, -0.15) is 5.10 Å². The normalized spacial score (nSPS) is 10.4. The second-order valence-electron chi connectivity index (χ2n) is 4.01. The molecule has 0 aliphatic rings. The van der Waals surface area contributed by atoms with Gasteiger partial charge in [0.1, 0.15) is 5.71 Å². The van der Waals surface area contributed by atoms with Crippen LogP contribution in [0.15, 0.2) is 59.8 Å². The summed E-state index contributed by atoms with van der Waals surface area (Å²) < 4.78 is 0. The van der Waals surface area contributed by atoms with Crippen molar-refractivity contribution in [3.63, 3.8) is 0 Å². The molecule has 1 aromatic carbocycles. The minimum absolute atomic E-state index is 0. The molecular formula is C15H16CuN4S+2. The third kappa shape index (κ3) is 5.27. The quantitative estimate of drug-likeness (QED) is 0.386. The van der Waals surface area contributed by atoms with Gasteiger partial charge in [0.2, 0.25) is 0 Å². The molecule has 6 heteroatoms. The molecular weight excluding hydrogens is 332 g/mol. The number of hydrogen-bond donors (Lipinski definition) is 2. The van der Waals surface area contributed by atoms with Crippen molar-refractivity contribution in [2.24, 2.45) is 5.10 Å². The molecule has 1 radical (unpaired) electrons. The number of hydrogen-bond acceptors (Lipinski definition) is 3. The van der Waals surface area contributed by atoms with Crippen LogP contribution in [-0.4, -0.2) is 22.4 Å². The van der Waals surface area contributed by atoms with Gasteiger partial charge < -0.3 is 5.32 Å². The Labute approximate surface area is 140 Å². The fraction of sp³-hybridized carbons (Fsp3) is 0.133. The van der Waals surface area contributed by atoms with E-state index in [1.165, 1.54) is 0 Å². The molecule has 0 amide bonds. The van der Waals surface area contributed by atoms with Crippen LogP contribution in [0.3, 0.4) is 0 Å². The fourth-order valence-electron chi connectivity index (χ4n) is 1.68. The second kappa shape index (κ2) is 9.23. The van der Waals surface area contributed by atoms with Crippen molar-refractivity contribution in [1.82, 2.24) is 15.7 Å². The molecule has 1 heterocycles. The molecule has 0 atom stereocenters. The van der Waals surface area contributed by atoms with Gasteiger partial charge in [-0.25, -0.2) is 0 Å². The van der Waals surface area contributed by atoms with Crippen LogP contribution in [0.25, 0.3) is 0 Å². The zero-order chi connectivity index (χ0) is 14.2. The first-order valence-electron chi connectivity index (χ1n) is 6.39. The van der Waals surface area contributed by atoms with Crippen LogP contribution in [0, 0.1) is 0 Å². The summed E-state index contributed by atoms with van der Waals surface area (Å²) in [5.41, 5.74) is 5.39. The zero-order valence-corrected chi connectivity index (χ0v) is 13.3. The Bertz CT molecular complexity index is 546. The molecule has 0 aliphatic heterocycles. The average molecular weight is 348 g/mol. The SMILES string of the molecule is CCNC(=S)NN=C(c1ccccc1)c1ccccn1.[Cu+2]. The van der Waals surface area contributed by atoms with Crippen molar-refractivity contribution in [3.8, 4) is 0 Å². The van der Waals surface area contributed by atoms with E-state index in [0.717, 1.165) is 23.5 Å². The zero-order valence-electron chi connectivity index (χ0n) is 11.5. The number of nitrogens with one attached hydrogen (secondary N) is 2. The Morgan fingerprint density at radius 1 is 1.14 bits per heavy atom. The average Bonchev–Trinajstić information content (AvgIpc) is 2.50. The van der Waals surface area contributed by atoms with Crippen molar-refractivity contribution in [2.75, 3.05) is 6.54 Å². The van der Waals surface area contributed by atoms with Crippen LogP contribution in [-0.2, 0) is 17.1 Å². The van der Waals surface area contributed by atoms with Crippen LogP contribution < -0.4 is 10.7 Å². The van der Waals surface area contributed by atoms with E-state index in [-0.39, 0.29) is 17.1 Å². The van der Waals surface area contributed by atoms with E-state index >= 15 is 0 Å². The van der Waals surface area contributed by atoms with Gasteiger partial charge in [0, 0.05) is 18.3 Å². The van der Waals surface area contributed by atoms with E-state index in [1.54, 1.807) is 6.20 Å². The molecule has 0 bridgehead atoms. The van der Waals surface area contributed by atoms with Gasteiger partial charge in [-0.3, -0.25) is 10.4 Å². The summed E-state index contributed by atoms with van der Waals surface area (Å²) in [7, 11) is 0. The van der Waals surface area contributed by atoms with Crippen molar-refractivity contribution >= 4 is 23.0 Å². The third-order valence-corrected chi connectivity index (χ3v) is 2.80. The predicted octanol–water partition coefficient (Wildman–Crippen LogP) is 2.32. The molecule has 0 spiro atoms. The van der Waals surface area contributed by atoms with E-state index in [2.05, 4.69) is 20.8 Å². The smallest absolute Gasteiger partial charge is 0.362 e. The fourth-order valence-corrected chi connectivity index (χ4v) is 1.87. The van der Waals surface area contributed by atoms with Crippen LogP contribution in [0.4, 0.5) is 0 Å². The Hall–Kier alpha value is -1.75. The summed E-state index contributed by atoms with van der Waals surface area (Å²) in [6.07, 6.45) is 1.75. The number of thiocarbonyl (C=S) groups is 1. The van der Waals surface area contributed by atoms with Crippen LogP contribution >= 0.6 is 12.2 Å². The summed E-state index contributed by atoms with van der Waals surface area (Å²) in [4.78, 5) is 4.34. The number of hydrazone groups is 1. The maximum absolute atomic E-state index is 5.12.